The zero-order valence-corrected chi connectivity index (χ0v) is 12.0. The van der Waals surface area contributed by atoms with Gasteiger partial charge in [-0.25, -0.2) is 19.2 Å². The number of esters is 2. The number of aliphatic hydroxyl groups excluding tert-OH is 2. The van der Waals surface area contributed by atoms with Gasteiger partial charge in [0.1, 0.15) is 0 Å². The summed E-state index contributed by atoms with van der Waals surface area (Å²) in [7, 11) is 2.62. The zero-order valence-electron chi connectivity index (χ0n) is 12.0. The minimum absolute atomic E-state index is 0. The van der Waals surface area contributed by atoms with Crippen LogP contribution in [0.25, 0.3) is 0 Å². The number of carboxylic acid groups (broad SMARTS) is 2. The van der Waals surface area contributed by atoms with E-state index in [1.165, 1.54) is 14.2 Å². The van der Waals surface area contributed by atoms with Crippen molar-refractivity contribution in [3.8, 4) is 0 Å². The van der Waals surface area contributed by atoms with Gasteiger partial charge < -0.3 is 29.9 Å². The molecule has 12 heteroatoms. The fraction of sp³-hybridized carbons (Fsp3) is 0.333. The van der Waals surface area contributed by atoms with Crippen LogP contribution in [0.2, 0.25) is 0 Å². The van der Waals surface area contributed by atoms with Crippen LogP contribution in [0.4, 0.5) is 0 Å². The summed E-state index contributed by atoms with van der Waals surface area (Å²) in [6.07, 6.45) is -2.31. The normalized spacial score (nSPS) is 10.0. The fourth-order valence-electron chi connectivity index (χ4n) is 0.437. The molecule has 2 atom stereocenters. The molecule has 0 aromatic heterocycles. The first kappa shape index (κ1) is 35.6. The van der Waals surface area contributed by atoms with E-state index in [1.807, 2.05) is 0 Å². The molecule has 0 aliphatic heterocycles. The second kappa shape index (κ2) is 23.6. The van der Waals surface area contributed by atoms with Gasteiger partial charge in [-0.05, 0) is 0 Å². The number of carbonyl (C=O) groups is 4. The fourth-order valence-corrected chi connectivity index (χ4v) is 0.437. The van der Waals surface area contributed by atoms with Crippen molar-refractivity contribution in [2.45, 2.75) is 12.2 Å². The van der Waals surface area contributed by atoms with Gasteiger partial charge >= 0.3 is 127 Å². The first-order chi connectivity index (χ1) is 10.1. The molecule has 130 valence electrons. The topological polar surface area (TPSA) is 168 Å². The van der Waals surface area contributed by atoms with E-state index in [-0.39, 0.29) is 103 Å². The monoisotopic (exact) mass is 402 g/mol. The molecule has 2 unspecified atom stereocenters. The summed E-state index contributed by atoms with van der Waals surface area (Å²) in [5.41, 5.74) is 0. The van der Waals surface area contributed by atoms with Crippen LogP contribution in [0, 0.1) is 0 Å². The number of hydrogen-bond donors (Lipinski definition) is 4. The maximum absolute atomic E-state index is 9.84. The van der Waals surface area contributed by atoms with Crippen LogP contribution >= 0.6 is 0 Å². The number of aliphatic carboxylic acids is 2. The number of carboxylic acids is 2. The van der Waals surface area contributed by atoms with Crippen LogP contribution in [0.5, 0.6) is 0 Å². The quantitative estimate of drug-likeness (QED) is 0.215. The molecule has 0 bridgehead atoms. The molecule has 0 aromatic carbocycles. The van der Waals surface area contributed by atoms with Gasteiger partial charge in [0.15, 0.2) is 12.2 Å². The summed E-state index contributed by atoms with van der Waals surface area (Å²) in [6.45, 7) is 6.31. The van der Waals surface area contributed by atoms with Gasteiger partial charge in [0, 0.05) is 12.2 Å². The Bertz CT molecular complexity index is 373. The summed E-state index contributed by atoms with van der Waals surface area (Å²) in [5, 5.41) is 32.5. The van der Waals surface area contributed by atoms with Gasteiger partial charge in [0.25, 0.3) is 0 Å². The van der Waals surface area contributed by atoms with Crippen LogP contribution in [-0.2, 0) is 28.7 Å². The van der Waals surface area contributed by atoms with Gasteiger partial charge in [0.2, 0.25) is 0 Å². The molecule has 4 N–H and O–H groups in total. The predicted octanol–water partition coefficient (Wildman–Crippen LogP) is -2.73. The third kappa shape index (κ3) is 24.8. The summed E-state index contributed by atoms with van der Waals surface area (Å²) in [6, 6.07) is 0. The SMILES string of the molecule is C=CC(=O)OC.C=CC(=O)OC.O=C(O)C(O)C(O)C(=O)O.[KH].[KH]. The van der Waals surface area contributed by atoms with E-state index >= 15 is 0 Å². The molecule has 0 radical (unpaired) electrons. The Morgan fingerprint density at radius 1 is 0.792 bits per heavy atom. The van der Waals surface area contributed by atoms with Crippen molar-refractivity contribution in [1.29, 1.82) is 0 Å². The number of ether oxygens (including phenoxy) is 2. The number of hydrogen-bond acceptors (Lipinski definition) is 8. The van der Waals surface area contributed by atoms with Crippen molar-refractivity contribution >= 4 is 127 Å². The van der Waals surface area contributed by atoms with Gasteiger partial charge in [-0.15, -0.1) is 0 Å². The third-order valence-electron chi connectivity index (χ3n) is 1.54. The van der Waals surface area contributed by atoms with Crippen molar-refractivity contribution < 1.29 is 49.1 Å². The molecule has 10 nitrogen and oxygen atoms in total. The molecule has 0 aliphatic carbocycles. The average Bonchev–Trinajstić information content (AvgIpc) is 2.52. The Kier molecular flexibility index (Phi) is 35.0. The maximum atomic E-state index is 9.84. The van der Waals surface area contributed by atoms with Crippen LogP contribution in [0.3, 0.4) is 0 Å². The molecule has 0 fully saturated rings. The Hall–Kier alpha value is 0.553. The minimum atomic E-state index is -2.27. The number of aliphatic hydroxyl groups is 2. The Balaban J connectivity index is -0.0000000759. The van der Waals surface area contributed by atoms with Crippen LogP contribution in [0.15, 0.2) is 25.3 Å². The molecule has 0 aromatic rings. The molecule has 0 spiro atoms. The van der Waals surface area contributed by atoms with Crippen LogP contribution in [0.1, 0.15) is 0 Å². The van der Waals surface area contributed by atoms with E-state index in [4.69, 9.17) is 20.4 Å². The molecular weight excluding hydrogens is 382 g/mol. The molecule has 0 saturated carbocycles. The van der Waals surface area contributed by atoms with E-state index < -0.39 is 36.1 Å². The van der Waals surface area contributed by atoms with Gasteiger partial charge in [-0.1, -0.05) is 13.2 Å². The van der Waals surface area contributed by atoms with Crippen LogP contribution < -0.4 is 0 Å². The molecule has 0 saturated heterocycles. The van der Waals surface area contributed by atoms with E-state index in [0.717, 1.165) is 12.2 Å². The Labute approximate surface area is 223 Å². The van der Waals surface area contributed by atoms with E-state index in [2.05, 4.69) is 22.6 Å². The molecule has 24 heavy (non-hydrogen) atoms. The Morgan fingerprint density at radius 2 is 1.00 bits per heavy atom. The summed E-state index contributed by atoms with van der Waals surface area (Å²) in [4.78, 5) is 39.2. The molecule has 0 aliphatic rings. The van der Waals surface area contributed by atoms with Crippen molar-refractivity contribution in [2.24, 2.45) is 0 Å². The Morgan fingerprint density at radius 3 is 1.04 bits per heavy atom. The molecule has 0 rings (SSSR count). The summed E-state index contributed by atoms with van der Waals surface area (Å²) >= 11 is 0. The van der Waals surface area contributed by atoms with Gasteiger partial charge in [0.05, 0.1) is 14.2 Å². The van der Waals surface area contributed by atoms with Gasteiger partial charge in [-0.3, -0.25) is 0 Å². The second-order valence-corrected chi connectivity index (χ2v) is 3.02. The number of methoxy groups -OCH3 is 2. The third-order valence-corrected chi connectivity index (χ3v) is 1.54. The standard InChI is InChI=1S/C4H6O6.2C4H6O2.2K.2H/c5-1(3(7)8)2(6)4(9)10;2*1-3-4(5)6-2;;;;/h1-2,5-6H,(H,7,8)(H,9,10);2*3H,1H2,2H3;;;;. The van der Waals surface area contributed by atoms with Crippen molar-refractivity contribution in [3.05, 3.63) is 25.3 Å². The van der Waals surface area contributed by atoms with E-state index in [9.17, 15) is 19.2 Å². The number of rotatable bonds is 5. The predicted molar refractivity (Wildman–Crippen MR) is 86.0 cm³/mol. The van der Waals surface area contributed by atoms with Crippen LogP contribution in [-0.4, -0.2) is 173 Å². The van der Waals surface area contributed by atoms with Crippen molar-refractivity contribution in [2.75, 3.05) is 14.2 Å². The number of carbonyl (C=O) groups excluding carboxylic acids is 2. The first-order valence-corrected chi connectivity index (χ1v) is 5.31. The van der Waals surface area contributed by atoms with Gasteiger partial charge in [-0.2, -0.15) is 0 Å². The van der Waals surface area contributed by atoms with Crippen molar-refractivity contribution in [3.63, 3.8) is 0 Å². The first-order valence-electron chi connectivity index (χ1n) is 5.31. The summed E-state index contributed by atoms with van der Waals surface area (Å²) in [5.74, 6) is -4.32. The molecule has 0 heterocycles. The second-order valence-electron chi connectivity index (χ2n) is 3.02. The molecule has 0 amide bonds. The zero-order chi connectivity index (χ0) is 18.3. The molecular formula is C12H20K2O10. The van der Waals surface area contributed by atoms with E-state index in [0.29, 0.717) is 0 Å². The average molecular weight is 402 g/mol. The van der Waals surface area contributed by atoms with E-state index in [1.54, 1.807) is 0 Å². The summed E-state index contributed by atoms with van der Waals surface area (Å²) < 4.78 is 8.28. The van der Waals surface area contributed by atoms with Crippen molar-refractivity contribution in [1.82, 2.24) is 0 Å².